The zero-order chi connectivity index (χ0) is 14.9. The van der Waals surface area contributed by atoms with E-state index in [4.69, 9.17) is 16.3 Å². The van der Waals surface area contributed by atoms with Crippen molar-refractivity contribution in [2.24, 2.45) is 0 Å². The standard InChI is InChI=1S/C14H9Br2ClFIO/c1-20-13-6-11(18)9(15)5-8(13)14(16)7-2-3-12(19)10(17)4-7/h2-6,14H,1H3. The quantitative estimate of drug-likeness (QED) is 0.330. The molecular formula is C14H9Br2ClFIO. The minimum Gasteiger partial charge on any atom is -0.496 e. The van der Waals surface area contributed by atoms with Gasteiger partial charge in [-0.2, -0.15) is 0 Å². The van der Waals surface area contributed by atoms with E-state index >= 15 is 0 Å². The van der Waals surface area contributed by atoms with Crippen LogP contribution in [-0.2, 0) is 0 Å². The average Bonchev–Trinajstić information content (AvgIpc) is 2.43. The zero-order valence-corrected chi connectivity index (χ0v) is 16.3. The number of alkyl halides is 1. The summed E-state index contributed by atoms with van der Waals surface area (Å²) in [7, 11) is 1.52. The summed E-state index contributed by atoms with van der Waals surface area (Å²) in [5.41, 5.74) is 1.81. The lowest BCUT2D eigenvalue weighted by molar-refractivity contribution is 0.406. The van der Waals surface area contributed by atoms with Crippen molar-refractivity contribution in [2.45, 2.75) is 4.83 Å². The molecule has 6 heteroatoms. The Morgan fingerprint density at radius 3 is 2.60 bits per heavy atom. The maximum atomic E-state index is 13.6. The molecule has 2 rings (SSSR count). The van der Waals surface area contributed by atoms with Crippen LogP contribution in [0.15, 0.2) is 34.8 Å². The van der Waals surface area contributed by atoms with E-state index in [1.807, 2.05) is 18.2 Å². The molecule has 1 atom stereocenters. The first-order valence-electron chi connectivity index (χ1n) is 5.56. The van der Waals surface area contributed by atoms with Crippen LogP contribution in [0.3, 0.4) is 0 Å². The third kappa shape index (κ3) is 3.48. The second kappa shape index (κ2) is 6.94. The lowest BCUT2D eigenvalue weighted by Gasteiger charge is -2.16. The van der Waals surface area contributed by atoms with Gasteiger partial charge in [0.1, 0.15) is 11.6 Å². The van der Waals surface area contributed by atoms with Gasteiger partial charge in [0.05, 0.1) is 21.4 Å². The van der Waals surface area contributed by atoms with Gasteiger partial charge in [-0.15, -0.1) is 0 Å². The molecule has 0 heterocycles. The first kappa shape index (κ1) is 16.5. The van der Waals surface area contributed by atoms with Crippen molar-refractivity contribution in [2.75, 3.05) is 7.11 Å². The number of methoxy groups -OCH3 is 1. The molecular weight excluding hydrogens is 525 g/mol. The largest absolute Gasteiger partial charge is 0.496 e. The third-order valence-corrected chi connectivity index (χ3v) is 5.98. The first-order valence-corrected chi connectivity index (χ1v) is 8.72. The van der Waals surface area contributed by atoms with E-state index in [0.29, 0.717) is 15.2 Å². The van der Waals surface area contributed by atoms with Crippen LogP contribution in [0, 0.1) is 9.39 Å². The van der Waals surface area contributed by atoms with Crippen LogP contribution in [0.25, 0.3) is 0 Å². The molecule has 0 aromatic heterocycles. The topological polar surface area (TPSA) is 9.23 Å². The van der Waals surface area contributed by atoms with E-state index in [0.717, 1.165) is 14.7 Å². The molecule has 0 amide bonds. The summed E-state index contributed by atoms with van der Waals surface area (Å²) < 4.78 is 20.2. The summed E-state index contributed by atoms with van der Waals surface area (Å²) in [5, 5.41) is 0.688. The predicted molar refractivity (Wildman–Crippen MR) is 95.6 cm³/mol. The molecule has 0 spiro atoms. The molecule has 2 aromatic carbocycles. The Kier molecular flexibility index (Phi) is 5.73. The van der Waals surface area contributed by atoms with Crippen LogP contribution >= 0.6 is 66.1 Å². The number of rotatable bonds is 3. The Bertz CT molecular complexity index is 651. The highest BCUT2D eigenvalue weighted by atomic mass is 127. The molecule has 0 N–H and O–H groups in total. The smallest absolute Gasteiger partial charge is 0.141 e. The highest BCUT2D eigenvalue weighted by Gasteiger charge is 2.18. The zero-order valence-electron chi connectivity index (χ0n) is 10.3. The van der Waals surface area contributed by atoms with Gasteiger partial charge in [-0.05, 0) is 62.3 Å². The molecule has 1 nitrogen and oxygen atoms in total. The Hall–Kier alpha value is 0.150. The number of benzene rings is 2. The highest BCUT2D eigenvalue weighted by Crippen LogP contribution is 2.40. The van der Waals surface area contributed by atoms with Crippen molar-refractivity contribution in [3.05, 3.63) is 60.3 Å². The van der Waals surface area contributed by atoms with E-state index in [1.165, 1.54) is 13.2 Å². The molecule has 0 radical (unpaired) electrons. The van der Waals surface area contributed by atoms with Gasteiger partial charge in [0.25, 0.3) is 0 Å². The van der Waals surface area contributed by atoms with Gasteiger partial charge in [0.2, 0.25) is 0 Å². The van der Waals surface area contributed by atoms with E-state index in [9.17, 15) is 4.39 Å². The number of ether oxygens (including phenoxy) is 1. The van der Waals surface area contributed by atoms with Crippen LogP contribution in [0.2, 0.25) is 5.02 Å². The molecule has 0 bridgehead atoms. The summed E-state index contributed by atoms with van der Waals surface area (Å²) in [4.78, 5) is -0.135. The summed E-state index contributed by atoms with van der Waals surface area (Å²) in [5.74, 6) is 0.133. The van der Waals surface area contributed by atoms with Crippen LogP contribution in [0.4, 0.5) is 4.39 Å². The molecule has 0 aliphatic carbocycles. The van der Waals surface area contributed by atoms with Gasteiger partial charge in [0, 0.05) is 15.2 Å². The minimum absolute atomic E-state index is 0.135. The van der Waals surface area contributed by atoms with Gasteiger partial charge < -0.3 is 4.74 Å². The summed E-state index contributed by atoms with van der Waals surface area (Å²) >= 11 is 15.1. The fraction of sp³-hybridized carbons (Fsp3) is 0.143. The SMILES string of the molecule is COc1cc(F)c(Br)cc1C(Br)c1ccc(I)c(Cl)c1. The lowest BCUT2D eigenvalue weighted by Crippen LogP contribution is -1.99. The Morgan fingerprint density at radius 1 is 1.30 bits per heavy atom. The Balaban J connectivity index is 2.49. The van der Waals surface area contributed by atoms with E-state index in [-0.39, 0.29) is 10.6 Å². The molecule has 0 fully saturated rings. The summed E-state index contributed by atoms with van der Waals surface area (Å²) in [6.45, 7) is 0. The molecule has 0 aliphatic heterocycles. The van der Waals surface area contributed by atoms with Gasteiger partial charge in [0.15, 0.2) is 0 Å². The van der Waals surface area contributed by atoms with Crippen molar-refractivity contribution in [1.82, 2.24) is 0 Å². The van der Waals surface area contributed by atoms with Crippen molar-refractivity contribution in [3.63, 3.8) is 0 Å². The van der Waals surface area contributed by atoms with Gasteiger partial charge in [-0.1, -0.05) is 33.6 Å². The summed E-state index contributed by atoms with van der Waals surface area (Å²) in [6.07, 6.45) is 0. The second-order valence-corrected chi connectivity index (χ2v) is 7.38. The average molecular weight is 534 g/mol. The molecule has 106 valence electrons. The minimum atomic E-state index is -0.356. The Labute approximate surface area is 152 Å². The molecule has 1 unspecified atom stereocenters. The van der Waals surface area contributed by atoms with Crippen LogP contribution < -0.4 is 4.74 Å². The van der Waals surface area contributed by atoms with Crippen molar-refractivity contribution in [3.8, 4) is 5.75 Å². The maximum Gasteiger partial charge on any atom is 0.141 e. The highest BCUT2D eigenvalue weighted by molar-refractivity contribution is 14.1. The normalized spacial score (nSPS) is 12.3. The lowest BCUT2D eigenvalue weighted by atomic mass is 10.0. The van der Waals surface area contributed by atoms with Gasteiger partial charge in [-0.25, -0.2) is 4.39 Å². The second-order valence-electron chi connectivity index (χ2n) is 4.04. The fourth-order valence-electron chi connectivity index (χ4n) is 1.77. The third-order valence-electron chi connectivity index (χ3n) is 2.78. The van der Waals surface area contributed by atoms with Crippen LogP contribution in [0.1, 0.15) is 16.0 Å². The van der Waals surface area contributed by atoms with E-state index < -0.39 is 0 Å². The molecule has 0 saturated heterocycles. The molecule has 20 heavy (non-hydrogen) atoms. The van der Waals surface area contributed by atoms with Crippen LogP contribution in [0.5, 0.6) is 5.75 Å². The first-order chi connectivity index (χ1) is 9.43. The fourth-order valence-corrected chi connectivity index (χ4v) is 3.30. The number of hydrogen-bond acceptors (Lipinski definition) is 1. The number of halogens is 5. The van der Waals surface area contributed by atoms with Gasteiger partial charge in [-0.3, -0.25) is 0 Å². The maximum absolute atomic E-state index is 13.6. The van der Waals surface area contributed by atoms with Crippen molar-refractivity contribution < 1.29 is 9.13 Å². The monoisotopic (exact) mass is 532 g/mol. The van der Waals surface area contributed by atoms with Crippen molar-refractivity contribution in [1.29, 1.82) is 0 Å². The predicted octanol–water partition coefficient (Wildman–Crippen LogP) is 6.34. The number of hydrogen-bond donors (Lipinski definition) is 0. The van der Waals surface area contributed by atoms with E-state index in [1.54, 1.807) is 6.07 Å². The molecule has 2 aromatic rings. The molecule has 0 aliphatic rings. The Morgan fingerprint density at radius 2 is 2.00 bits per heavy atom. The van der Waals surface area contributed by atoms with Crippen LogP contribution in [-0.4, -0.2) is 7.11 Å². The summed E-state index contributed by atoms with van der Waals surface area (Å²) in [6, 6.07) is 8.88. The van der Waals surface area contributed by atoms with Gasteiger partial charge >= 0.3 is 0 Å². The van der Waals surface area contributed by atoms with Crippen molar-refractivity contribution >= 4 is 66.1 Å². The van der Waals surface area contributed by atoms with E-state index in [2.05, 4.69) is 54.5 Å². The molecule has 0 saturated carbocycles.